The molecule has 2 heterocycles. The van der Waals surface area contributed by atoms with Crippen molar-refractivity contribution >= 4 is 22.9 Å². The van der Waals surface area contributed by atoms with Crippen LogP contribution in [0.3, 0.4) is 0 Å². The molecule has 0 unspecified atom stereocenters. The molecule has 1 N–H and O–H groups in total. The van der Waals surface area contributed by atoms with Crippen molar-refractivity contribution in [3.8, 4) is 0 Å². The van der Waals surface area contributed by atoms with E-state index >= 15 is 0 Å². The largest absolute Gasteiger partial charge is 0.339 e. The van der Waals surface area contributed by atoms with Gasteiger partial charge in [-0.2, -0.15) is 0 Å². The maximum Gasteiger partial charge on any atom is 0.163 e. The average Bonchev–Trinajstić information content (AvgIpc) is 2.31. The monoisotopic (exact) mass is 224 g/mol. The Bertz CT molecular complexity index is 595. The Morgan fingerprint density at radius 1 is 1.18 bits per heavy atom. The highest BCUT2D eigenvalue weighted by molar-refractivity contribution is 6.53. The quantitative estimate of drug-likeness (QED) is 0.733. The van der Waals surface area contributed by atoms with Crippen LogP contribution >= 0.6 is 0 Å². The Kier molecular flexibility index (Phi) is 1.92. The second kappa shape index (κ2) is 3.31. The summed E-state index contributed by atoms with van der Waals surface area (Å²) < 4.78 is 0. The van der Waals surface area contributed by atoms with Gasteiger partial charge in [0.2, 0.25) is 0 Å². The number of benzene rings is 1. The zero-order valence-electron chi connectivity index (χ0n) is 9.57. The third-order valence-electron chi connectivity index (χ3n) is 2.83. The molecule has 4 heteroatoms. The molecule has 0 saturated carbocycles. The summed E-state index contributed by atoms with van der Waals surface area (Å²) in [5.41, 5.74) is 3.48. The van der Waals surface area contributed by atoms with Gasteiger partial charge >= 0.3 is 0 Å². The standard InChI is InChI=1S/C13H12N4/c1-8-12-13(15-9(2)14-8)17(3)11-7-5-4-6-10(11)16-12/h4-7,14H,1-2H2,3H3. The Hall–Kier alpha value is -2.36. The molecule has 0 bridgehead atoms. The van der Waals surface area contributed by atoms with Gasteiger partial charge in [0.1, 0.15) is 11.5 Å². The predicted octanol–water partition coefficient (Wildman–Crippen LogP) is 2.20. The van der Waals surface area contributed by atoms with Gasteiger partial charge in [-0.3, -0.25) is 0 Å². The van der Waals surface area contributed by atoms with Gasteiger partial charge in [0.15, 0.2) is 5.84 Å². The maximum absolute atomic E-state index is 4.57. The van der Waals surface area contributed by atoms with Crippen LogP contribution in [0.15, 0.2) is 58.9 Å². The highest BCUT2D eigenvalue weighted by Gasteiger charge is 2.28. The third-order valence-corrected chi connectivity index (χ3v) is 2.83. The van der Waals surface area contributed by atoms with E-state index in [9.17, 15) is 0 Å². The summed E-state index contributed by atoms with van der Waals surface area (Å²) in [4.78, 5) is 11.0. The molecule has 0 spiro atoms. The molecule has 0 radical (unpaired) electrons. The van der Waals surface area contributed by atoms with E-state index in [-0.39, 0.29) is 0 Å². The van der Waals surface area contributed by atoms with Crippen LogP contribution in [0, 0.1) is 0 Å². The molecule has 1 aromatic rings. The van der Waals surface area contributed by atoms with Gasteiger partial charge < -0.3 is 10.2 Å². The first-order chi connectivity index (χ1) is 8.16. The van der Waals surface area contributed by atoms with Crippen LogP contribution in [-0.2, 0) is 0 Å². The molecule has 3 rings (SSSR count). The summed E-state index contributed by atoms with van der Waals surface area (Å²) in [5, 5.41) is 3.00. The van der Waals surface area contributed by atoms with E-state index in [1.165, 1.54) is 0 Å². The number of rotatable bonds is 0. The second-order valence-electron chi connectivity index (χ2n) is 3.99. The van der Waals surface area contributed by atoms with Crippen molar-refractivity contribution < 1.29 is 0 Å². The van der Waals surface area contributed by atoms with Crippen LogP contribution in [0.4, 0.5) is 11.4 Å². The number of hydrogen-bond acceptors (Lipinski definition) is 4. The number of nitrogens with zero attached hydrogens (tertiary/aromatic N) is 3. The predicted molar refractivity (Wildman–Crippen MR) is 70.8 cm³/mol. The molecule has 0 fully saturated rings. The van der Waals surface area contributed by atoms with Crippen LogP contribution in [0.2, 0.25) is 0 Å². The minimum Gasteiger partial charge on any atom is -0.339 e. The van der Waals surface area contributed by atoms with E-state index in [0.29, 0.717) is 5.82 Å². The number of hydrogen-bond donors (Lipinski definition) is 1. The first-order valence-electron chi connectivity index (χ1n) is 5.32. The number of para-hydroxylation sites is 2. The molecular formula is C13H12N4. The zero-order valence-corrected chi connectivity index (χ0v) is 9.57. The lowest BCUT2D eigenvalue weighted by atomic mass is 10.1. The lowest BCUT2D eigenvalue weighted by Gasteiger charge is -2.31. The van der Waals surface area contributed by atoms with Crippen molar-refractivity contribution in [1.82, 2.24) is 5.32 Å². The Balaban J connectivity index is 2.25. The molecule has 1 aromatic carbocycles. The van der Waals surface area contributed by atoms with Crippen molar-refractivity contribution in [1.29, 1.82) is 0 Å². The number of nitrogens with one attached hydrogen (secondary N) is 1. The number of fused-ring (bicyclic) bond motifs is 2. The van der Waals surface area contributed by atoms with E-state index in [2.05, 4.69) is 28.5 Å². The van der Waals surface area contributed by atoms with Gasteiger partial charge in [-0.05, 0) is 12.1 Å². The SMILES string of the molecule is C=C1N=C2C(=Nc3ccccc3N2C)C(=C)N1. The van der Waals surface area contributed by atoms with Gasteiger partial charge in [-0.15, -0.1) is 0 Å². The van der Waals surface area contributed by atoms with E-state index in [1.807, 2.05) is 36.2 Å². The minimum atomic E-state index is 0.593. The van der Waals surface area contributed by atoms with Crippen molar-refractivity contribution in [3.63, 3.8) is 0 Å². The summed E-state index contributed by atoms with van der Waals surface area (Å²) >= 11 is 0. The highest BCUT2D eigenvalue weighted by atomic mass is 15.3. The number of aliphatic imine (C=N–C) groups is 2. The van der Waals surface area contributed by atoms with Crippen LogP contribution in [0.1, 0.15) is 0 Å². The van der Waals surface area contributed by atoms with Gasteiger partial charge in [0.25, 0.3) is 0 Å². The van der Waals surface area contributed by atoms with Gasteiger partial charge in [-0.1, -0.05) is 25.3 Å². The molecule has 0 aromatic heterocycles. The molecule has 0 amide bonds. The Morgan fingerprint density at radius 2 is 1.94 bits per heavy atom. The fourth-order valence-corrected chi connectivity index (χ4v) is 2.01. The van der Waals surface area contributed by atoms with E-state index in [0.717, 1.165) is 28.6 Å². The Morgan fingerprint density at radius 3 is 2.76 bits per heavy atom. The molecule has 0 saturated heterocycles. The lowest BCUT2D eigenvalue weighted by molar-refractivity contribution is 0.980. The summed E-state index contributed by atoms with van der Waals surface area (Å²) in [6.07, 6.45) is 0. The molecule has 2 aliphatic rings. The van der Waals surface area contributed by atoms with E-state index < -0.39 is 0 Å². The van der Waals surface area contributed by atoms with Crippen LogP contribution in [0.5, 0.6) is 0 Å². The fraction of sp³-hybridized carbons (Fsp3) is 0.0769. The van der Waals surface area contributed by atoms with Crippen molar-refractivity contribution in [2.45, 2.75) is 0 Å². The zero-order chi connectivity index (χ0) is 12.0. The Labute approximate surface area is 99.7 Å². The highest BCUT2D eigenvalue weighted by Crippen LogP contribution is 2.33. The smallest absolute Gasteiger partial charge is 0.163 e. The third kappa shape index (κ3) is 1.38. The van der Waals surface area contributed by atoms with Crippen molar-refractivity contribution in [2.24, 2.45) is 9.98 Å². The lowest BCUT2D eigenvalue weighted by Crippen LogP contribution is -2.42. The molecule has 0 aliphatic carbocycles. The molecule has 4 nitrogen and oxygen atoms in total. The first-order valence-corrected chi connectivity index (χ1v) is 5.32. The molecule has 2 aliphatic heterocycles. The number of amidine groups is 1. The summed E-state index contributed by atoms with van der Waals surface area (Å²) in [7, 11) is 1.97. The second-order valence-corrected chi connectivity index (χ2v) is 3.99. The fourth-order valence-electron chi connectivity index (χ4n) is 2.01. The van der Waals surface area contributed by atoms with Gasteiger partial charge in [-0.25, -0.2) is 9.98 Å². The van der Waals surface area contributed by atoms with Crippen LogP contribution in [-0.4, -0.2) is 18.6 Å². The van der Waals surface area contributed by atoms with Gasteiger partial charge in [0.05, 0.1) is 17.1 Å². The topological polar surface area (TPSA) is 40.0 Å². The summed E-state index contributed by atoms with van der Waals surface area (Å²) in [5.74, 6) is 1.38. The van der Waals surface area contributed by atoms with Gasteiger partial charge in [0, 0.05) is 7.05 Å². The number of anilines is 1. The first kappa shape index (κ1) is 9.84. The molecule has 0 atom stereocenters. The maximum atomic E-state index is 4.57. The summed E-state index contributed by atoms with van der Waals surface area (Å²) in [6, 6.07) is 7.95. The molecule has 84 valence electrons. The average molecular weight is 224 g/mol. The van der Waals surface area contributed by atoms with Crippen LogP contribution < -0.4 is 10.2 Å². The van der Waals surface area contributed by atoms with E-state index in [4.69, 9.17) is 0 Å². The normalized spacial score (nSPS) is 17.8. The van der Waals surface area contributed by atoms with E-state index in [1.54, 1.807) is 0 Å². The van der Waals surface area contributed by atoms with Crippen molar-refractivity contribution in [2.75, 3.05) is 11.9 Å². The summed E-state index contributed by atoms with van der Waals surface area (Å²) in [6.45, 7) is 7.75. The van der Waals surface area contributed by atoms with Crippen LogP contribution in [0.25, 0.3) is 0 Å². The van der Waals surface area contributed by atoms with Crippen molar-refractivity contribution in [3.05, 3.63) is 48.9 Å². The molecular weight excluding hydrogens is 212 g/mol. The molecule has 17 heavy (non-hydrogen) atoms. The minimum absolute atomic E-state index is 0.593.